The Hall–Kier alpha value is -4.50. The zero-order valence-corrected chi connectivity index (χ0v) is 21.9. The van der Waals surface area contributed by atoms with Gasteiger partial charge in [0.25, 0.3) is 17.9 Å². The van der Waals surface area contributed by atoms with Gasteiger partial charge in [-0.3, -0.25) is 24.5 Å². The molecule has 0 radical (unpaired) electrons. The molecule has 4 aromatic rings. The number of halogens is 2. The first-order valence-electron chi connectivity index (χ1n) is 11.9. The molecule has 1 N–H and O–H groups in total. The van der Waals surface area contributed by atoms with Crippen molar-refractivity contribution in [2.45, 2.75) is 32.6 Å². The van der Waals surface area contributed by atoms with Crippen LogP contribution >= 0.6 is 11.3 Å². The van der Waals surface area contributed by atoms with Gasteiger partial charge in [0.2, 0.25) is 5.13 Å². The zero-order chi connectivity index (χ0) is 27.7. The van der Waals surface area contributed by atoms with Gasteiger partial charge in [-0.2, -0.15) is 0 Å². The van der Waals surface area contributed by atoms with E-state index in [1.807, 2.05) is 0 Å². The van der Waals surface area contributed by atoms with Gasteiger partial charge >= 0.3 is 0 Å². The van der Waals surface area contributed by atoms with E-state index in [2.05, 4.69) is 37.3 Å². The van der Waals surface area contributed by atoms with Crippen molar-refractivity contribution in [1.82, 2.24) is 24.7 Å². The number of aryl methyl sites for hydroxylation is 1. The average Bonchev–Trinajstić information content (AvgIpc) is 3.54. The van der Waals surface area contributed by atoms with Gasteiger partial charge in [0.05, 0.1) is 18.9 Å². The summed E-state index contributed by atoms with van der Waals surface area (Å²) in [6.07, 6.45) is 2.04. The Kier molecular flexibility index (Phi) is 7.17. The average molecular weight is 549 g/mol. The molecule has 4 aromatic heterocycles. The van der Waals surface area contributed by atoms with Crippen LogP contribution in [-0.4, -0.2) is 37.7 Å². The Bertz CT molecular complexity index is 1690. The summed E-state index contributed by atoms with van der Waals surface area (Å²) in [5.41, 5.74) is 0.395. The molecule has 0 spiro atoms. The van der Waals surface area contributed by atoms with E-state index in [0.29, 0.717) is 0 Å². The third-order valence-electron chi connectivity index (χ3n) is 6.18. The number of hydrogen-bond acceptors (Lipinski definition) is 8. The quantitative estimate of drug-likeness (QED) is 0.331. The fourth-order valence-electron chi connectivity index (χ4n) is 4.11. The highest BCUT2D eigenvalue weighted by Gasteiger charge is 2.40. The van der Waals surface area contributed by atoms with Crippen molar-refractivity contribution in [3.63, 3.8) is 0 Å². The minimum atomic E-state index is -2.85. The van der Waals surface area contributed by atoms with Crippen LogP contribution in [0.1, 0.15) is 52.3 Å². The SMILES string of the molecule is CC#C[C@H]1CC1c1nnc(NC(=O)c2cnc(-n3ccc(C)cc3=O)cc2-c2cc(C(F)F)ncc2OC)s1. The van der Waals surface area contributed by atoms with Crippen molar-refractivity contribution in [2.75, 3.05) is 12.4 Å². The first kappa shape index (κ1) is 26.1. The summed E-state index contributed by atoms with van der Waals surface area (Å²) in [5, 5.41) is 12.1. The Morgan fingerprint density at radius 1 is 1.21 bits per heavy atom. The van der Waals surface area contributed by atoms with Crippen LogP contribution in [0.3, 0.4) is 0 Å². The number of aromatic nitrogens is 5. The molecule has 2 atom stereocenters. The monoisotopic (exact) mass is 548 g/mol. The number of carbonyl (C=O) groups is 1. The standard InChI is InChI=1S/C27H22F2N6O3S/c1-4-5-15-9-16(15)26-33-34-27(39-26)32-25(37)19-12-31-22(35-7-6-14(2)8-23(35)36)11-17(19)18-10-20(24(28)29)30-13-21(18)38-3/h6-8,10-13,15-16,24H,9H2,1-3H3,(H,32,34,37)/t15-,16?/m0/s1. The summed E-state index contributed by atoms with van der Waals surface area (Å²) in [5.74, 6) is 6.23. The predicted octanol–water partition coefficient (Wildman–Crippen LogP) is 4.78. The van der Waals surface area contributed by atoms with E-state index >= 15 is 0 Å². The van der Waals surface area contributed by atoms with Gasteiger partial charge in [0.1, 0.15) is 22.3 Å². The van der Waals surface area contributed by atoms with Crippen molar-refractivity contribution in [3.8, 4) is 34.5 Å². The Labute approximate surface area is 225 Å². The zero-order valence-electron chi connectivity index (χ0n) is 21.1. The van der Waals surface area contributed by atoms with Crippen LogP contribution in [0.5, 0.6) is 5.75 Å². The minimum Gasteiger partial charge on any atom is -0.494 e. The maximum atomic E-state index is 13.6. The first-order chi connectivity index (χ1) is 18.8. The van der Waals surface area contributed by atoms with Gasteiger partial charge < -0.3 is 4.74 Å². The van der Waals surface area contributed by atoms with Crippen molar-refractivity contribution in [1.29, 1.82) is 0 Å². The van der Waals surface area contributed by atoms with E-state index in [0.717, 1.165) is 23.1 Å². The van der Waals surface area contributed by atoms with Gasteiger partial charge in [-0.05, 0) is 44.0 Å². The summed E-state index contributed by atoms with van der Waals surface area (Å²) >= 11 is 1.25. The van der Waals surface area contributed by atoms with Crippen LogP contribution in [0.25, 0.3) is 16.9 Å². The molecule has 39 heavy (non-hydrogen) atoms. The highest BCUT2D eigenvalue weighted by Crippen LogP contribution is 2.48. The third kappa shape index (κ3) is 5.39. The third-order valence-corrected chi connectivity index (χ3v) is 7.15. The Morgan fingerprint density at radius 2 is 2.03 bits per heavy atom. The second-order valence-corrected chi connectivity index (χ2v) is 9.86. The predicted molar refractivity (Wildman–Crippen MR) is 141 cm³/mol. The first-order valence-corrected chi connectivity index (χ1v) is 12.7. The number of ether oxygens (including phenoxy) is 1. The number of hydrogen-bond donors (Lipinski definition) is 1. The molecule has 0 saturated heterocycles. The van der Waals surface area contributed by atoms with Crippen LogP contribution in [0, 0.1) is 24.7 Å². The van der Waals surface area contributed by atoms with E-state index in [1.54, 1.807) is 26.1 Å². The van der Waals surface area contributed by atoms with Crippen molar-refractivity contribution >= 4 is 22.4 Å². The van der Waals surface area contributed by atoms with Gasteiger partial charge in [-0.1, -0.05) is 17.3 Å². The lowest BCUT2D eigenvalue weighted by atomic mass is 10.00. The molecule has 1 aliphatic carbocycles. The molecule has 5 rings (SSSR count). The number of rotatable bonds is 7. The van der Waals surface area contributed by atoms with E-state index in [1.165, 1.54) is 47.5 Å². The minimum absolute atomic E-state index is 0.0570. The molecule has 12 heteroatoms. The lowest BCUT2D eigenvalue weighted by Gasteiger charge is -2.15. The van der Waals surface area contributed by atoms with Gasteiger partial charge in [0.15, 0.2) is 0 Å². The highest BCUT2D eigenvalue weighted by molar-refractivity contribution is 7.15. The second kappa shape index (κ2) is 10.7. The number of pyridine rings is 3. The van der Waals surface area contributed by atoms with Gasteiger partial charge in [-0.25, -0.2) is 13.8 Å². The molecular formula is C27H22F2N6O3S. The topological polar surface area (TPSA) is 112 Å². The molecule has 0 bridgehead atoms. The normalized spacial score (nSPS) is 15.9. The van der Waals surface area contributed by atoms with Crippen LogP contribution in [-0.2, 0) is 0 Å². The van der Waals surface area contributed by atoms with E-state index < -0.39 is 18.0 Å². The summed E-state index contributed by atoms with van der Waals surface area (Å²) < 4.78 is 33.8. The molecule has 9 nitrogen and oxygen atoms in total. The maximum absolute atomic E-state index is 13.6. The number of alkyl halides is 2. The molecule has 198 valence electrons. The number of nitrogens with zero attached hydrogens (tertiary/aromatic N) is 5. The van der Waals surface area contributed by atoms with Crippen molar-refractivity contribution in [2.24, 2.45) is 5.92 Å². The Balaban J connectivity index is 1.57. The van der Waals surface area contributed by atoms with Crippen molar-refractivity contribution < 1.29 is 18.3 Å². The smallest absolute Gasteiger partial charge is 0.280 e. The number of amides is 1. The molecular weight excluding hydrogens is 526 g/mol. The fraction of sp³-hybridized carbons (Fsp3) is 0.259. The van der Waals surface area contributed by atoms with E-state index in [9.17, 15) is 18.4 Å². The summed E-state index contributed by atoms with van der Waals surface area (Å²) in [6, 6.07) is 5.80. The number of carbonyl (C=O) groups excluding carboxylic acids is 1. The highest BCUT2D eigenvalue weighted by atomic mass is 32.1. The lowest BCUT2D eigenvalue weighted by Crippen LogP contribution is -2.19. The summed E-state index contributed by atoms with van der Waals surface area (Å²) in [4.78, 5) is 34.1. The van der Waals surface area contributed by atoms with Gasteiger partial charge in [-0.15, -0.1) is 16.1 Å². The lowest BCUT2D eigenvalue weighted by molar-refractivity contribution is 0.102. The van der Waals surface area contributed by atoms with E-state index in [4.69, 9.17) is 4.74 Å². The second-order valence-electron chi connectivity index (χ2n) is 8.85. The molecule has 1 fully saturated rings. The molecule has 1 aliphatic rings. The molecule has 0 aromatic carbocycles. The van der Waals surface area contributed by atoms with Crippen LogP contribution < -0.4 is 15.6 Å². The number of methoxy groups -OCH3 is 1. The Morgan fingerprint density at radius 3 is 2.74 bits per heavy atom. The van der Waals surface area contributed by atoms with Crippen molar-refractivity contribution in [3.05, 3.63) is 75.0 Å². The molecule has 1 saturated carbocycles. The fourth-order valence-corrected chi connectivity index (χ4v) is 5.03. The van der Waals surface area contributed by atoms with Crippen LogP contribution in [0.2, 0.25) is 0 Å². The molecule has 0 aliphatic heterocycles. The molecule has 1 unspecified atom stereocenters. The summed E-state index contributed by atoms with van der Waals surface area (Å²) in [6.45, 7) is 3.57. The van der Waals surface area contributed by atoms with E-state index in [-0.39, 0.29) is 50.8 Å². The maximum Gasteiger partial charge on any atom is 0.280 e. The number of anilines is 1. The van der Waals surface area contributed by atoms with Crippen LogP contribution in [0.15, 0.2) is 47.7 Å². The molecule has 1 amide bonds. The molecule has 4 heterocycles. The van der Waals surface area contributed by atoms with Crippen LogP contribution in [0.4, 0.5) is 13.9 Å². The number of nitrogens with one attached hydrogen (secondary N) is 1. The summed E-state index contributed by atoms with van der Waals surface area (Å²) in [7, 11) is 1.37. The largest absolute Gasteiger partial charge is 0.494 e. The van der Waals surface area contributed by atoms with Gasteiger partial charge in [0, 0.05) is 41.4 Å².